The van der Waals surface area contributed by atoms with Crippen LogP contribution in [0.15, 0.2) is 0 Å². The van der Waals surface area contributed by atoms with Crippen LogP contribution in [0.3, 0.4) is 0 Å². The van der Waals surface area contributed by atoms with E-state index in [9.17, 15) is 9.59 Å². The second kappa shape index (κ2) is 6.60. The zero-order valence-corrected chi connectivity index (χ0v) is 6.91. The molecule has 5 heteroatoms. The number of carbonyl (C=O) groups is 2. The lowest BCUT2D eigenvalue weighted by molar-refractivity contribution is -0.154. The summed E-state index contributed by atoms with van der Waals surface area (Å²) in [7, 11) is 0. The molecule has 0 saturated carbocycles. The summed E-state index contributed by atoms with van der Waals surface area (Å²) in [5.41, 5.74) is 0. The van der Waals surface area contributed by atoms with E-state index in [1.807, 2.05) is 0 Å². The summed E-state index contributed by atoms with van der Waals surface area (Å²) < 4.78 is 8.91. The maximum absolute atomic E-state index is 10.7. The van der Waals surface area contributed by atoms with E-state index in [1.54, 1.807) is 6.92 Å². The van der Waals surface area contributed by atoms with Crippen molar-refractivity contribution >= 4 is 11.9 Å². The molecule has 0 spiro atoms. The first kappa shape index (κ1) is 10.9. The number of aliphatic hydroxyl groups is 1. The SMILES string of the molecule is CCOC(=O)CC(=O)OCCO. The van der Waals surface area contributed by atoms with Gasteiger partial charge in [0.2, 0.25) is 0 Å². The minimum absolute atomic E-state index is 0.0851. The van der Waals surface area contributed by atoms with Crippen LogP contribution >= 0.6 is 0 Å². The van der Waals surface area contributed by atoms with Gasteiger partial charge < -0.3 is 14.6 Å². The summed E-state index contributed by atoms with van der Waals surface area (Å²) in [5, 5.41) is 8.26. The second-order valence-corrected chi connectivity index (χ2v) is 1.93. The topological polar surface area (TPSA) is 72.8 Å². The summed E-state index contributed by atoms with van der Waals surface area (Å²) in [6.45, 7) is 1.57. The molecule has 0 atom stereocenters. The Morgan fingerprint density at radius 3 is 2.33 bits per heavy atom. The van der Waals surface area contributed by atoms with Crippen LogP contribution in [0.2, 0.25) is 0 Å². The van der Waals surface area contributed by atoms with Crippen molar-refractivity contribution < 1.29 is 24.2 Å². The number of esters is 2. The third-order valence-electron chi connectivity index (χ3n) is 0.948. The molecule has 0 aromatic carbocycles. The fourth-order valence-corrected chi connectivity index (χ4v) is 0.540. The molecule has 0 heterocycles. The average molecular weight is 176 g/mol. The Morgan fingerprint density at radius 1 is 1.25 bits per heavy atom. The summed E-state index contributed by atoms with van der Waals surface area (Å²) >= 11 is 0. The van der Waals surface area contributed by atoms with Crippen LogP contribution < -0.4 is 0 Å². The smallest absolute Gasteiger partial charge is 0.317 e. The highest BCUT2D eigenvalue weighted by atomic mass is 16.6. The lowest BCUT2D eigenvalue weighted by Gasteiger charge is -2.01. The van der Waals surface area contributed by atoms with Crippen molar-refractivity contribution in [2.24, 2.45) is 0 Å². The van der Waals surface area contributed by atoms with E-state index in [0.717, 1.165) is 0 Å². The van der Waals surface area contributed by atoms with Crippen molar-refractivity contribution in [2.75, 3.05) is 19.8 Å². The van der Waals surface area contributed by atoms with Gasteiger partial charge in [-0.2, -0.15) is 0 Å². The van der Waals surface area contributed by atoms with E-state index < -0.39 is 18.4 Å². The van der Waals surface area contributed by atoms with Crippen molar-refractivity contribution in [3.8, 4) is 0 Å². The molecule has 12 heavy (non-hydrogen) atoms. The highest BCUT2D eigenvalue weighted by molar-refractivity contribution is 5.91. The molecule has 5 nitrogen and oxygen atoms in total. The summed E-state index contributed by atoms with van der Waals surface area (Å²) in [6, 6.07) is 0. The molecule has 70 valence electrons. The third-order valence-corrected chi connectivity index (χ3v) is 0.948. The molecule has 0 aliphatic rings. The molecule has 0 saturated heterocycles. The van der Waals surface area contributed by atoms with Gasteiger partial charge >= 0.3 is 11.9 Å². The van der Waals surface area contributed by atoms with Crippen LogP contribution in [-0.4, -0.2) is 36.9 Å². The van der Waals surface area contributed by atoms with Crippen LogP contribution in [0.1, 0.15) is 13.3 Å². The van der Waals surface area contributed by atoms with Crippen molar-refractivity contribution in [2.45, 2.75) is 13.3 Å². The summed E-state index contributed by atoms with van der Waals surface area (Å²) in [5.74, 6) is -1.29. The first-order valence-electron chi connectivity index (χ1n) is 3.62. The summed E-state index contributed by atoms with van der Waals surface area (Å²) in [6.07, 6.45) is -0.395. The third kappa shape index (κ3) is 5.67. The van der Waals surface area contributed by atoms with E-state index >= 15 is 0 Å². The van der Waals surface area contributed by atoms with E-state index in [2.05, 4.69) is 9.47 Å². The Balaban J connectivity index is 3.47. The highest BCUT2D eigenvalue weighted by Crippen LogP contribution is 1.89. The number of aliphatic hydroxyl groups excluding tert-OH is 1. The zero-order chi connectivity index (χ0) is 9.40. The monoisotopic (exact) mass is 176 g/mol. The van der Waals surface area contributed by atoms with E-state index in [0.29, 0.717) is 0 Å². The van der Waals surface area contributed by atoms with Gasteiger partial charge in [0, 0.05) is 0 Å². The Bertz CT molecular complexity index is 154. The van der Waals surface area contributed by atoms with Crippen LogP contribution in [0, 0.1) is 0 Å². The lowest BCUT2D eigenvalue weighted by atomic mass is 10.4. The van der Waals surface area contributed by atoms with Crippen molar-refractivity contribution in [3.05, 3.63) is 0 Å². The van der Waals surface area contributed by atoms with Gasteiger partial charge in [-0.1, -0.05) is 0 Å². The largest absolute Gasteiger partial charge is 0.466 e. The van der Waals surface area contributed by atoms with Crippen LogP contribution in [0.5, 0.6) is 0 Å². The molecule has 0 radical (unpaired) electrons. The van der Waals surface area contributed by atoms with Crippen LogP contribution in [-0.2, 0) is 19.1 Å². The van der Waals surface area contributed by atoms with Gasteiger partial charge in [0.1, 0.15) is 13.0 Å². The number of hydrogen-bond acceptors (Lipinski definition) is 5. The fourth-order valence-electron chi connectivity index (χ4n) is 0.540. The molecule has 0 aromatic heterocycles. The molecule has 0 amide bonds. The molecule has 0 unspecified atom stereocenters. The van der Waals surface area contributed by atoms with Gasteiger partial charge in [-0.25, -0.2) is 0 Å². The van der Waals surface area contributed by atoms with Gasteiger partial charge in [-0.3, -0.25) is 9.59 Å². The molecule has 0 aromatic rings. The van der Waals surface area contributed by atoms with Gasteiger partial charge in [-0.15, -0.1) is 0 Å². The minimum Gasteiger partial charge on any atom is -0.466 e. The van der Waals surface area contributed by atoms with Crippen LogP contribution in [0.25, 0.3) is 0 Å². The average Bonchev–Trinajstić information content (AvgIpc) is 2.01. The van der Waals surface area contributed by atoms with Crippen molar-refractivity contribution in [3.63, 3.8) is 0 Å². The second-order valence-electron chi connectivity index (χ2n) is 1.93. The van der Waals surface area contributed by atoms with Gasteiger partial charge in [-0.05, 0) is 6.92 Å². The number of hydrogen-bond donors (Lipinski definition) is 1. The maximum atomic E-state index is 10.7. The van der Waals surface area contributed by atoms with Crippen LogP contribution in [0.4, 0.5) is 0 Å². The first-order chi connectivity index (χ1) is 5.70. The lowest BCUT2D eigenvalue weighted by Crippen LogP contribution is -2.15. The summed E-state index contributed by atoms with van der Waals surface area (Å²) in [4.78, 5) is 21.3. The van der Waals surface area contributed by atoms with Crippen molar-refractivity contribution in [1.29, 1.82) is 0 Å². The Labute approximate surface area is 70.3 Å². The minimum atomic E-state index is -0.678. The highest BCUT2D eigenvalue weighted by Gasteiger charge is 2.10. The Kier molecular flexibility index (Phi) is 6.00. The maximum Gasteiger partial charge on any atom is 0.317 e. The van der Waals surface area contributed by atoms with E-state index in [1.165, 1.54) is 0 Å². The number of ether oxygens (including phenoxy) is 2. The predicted octanol–water partition coefficient (Wildman–Crippen LogP) is -0.525. The number of rotatable bonds is 5. The zero-order valence-electron chi connectivity index (χ0n) is 6.91. The molecule has 0 fully saturated rings. The van der Waals surface area contributed by atoms with E-state index in [-0.39, 0.29) is 19.8 Å². The molecule has 0 rings (SSSR count). The first-order valence-corrected chi connectivity index (χ1v) is 3.62. The molecule has 0 aliphatic heterocycles. The molecular formula is C7H12O5. The molecular weight excluding hydrogens is 164 g/mol. The standard InChI is InChI=1S/C7H12O5/c1-2-11-6(9)5-7(10)12-4-3-8/h8H,2-5H2,1H3. The van der Waals surface area contributed by atoms with Gasteiger partial charge in [0.15, 0.2) is 0 Å². The van der Waals surface area contributed by atoms with Crippen molar-refractivity contribution in [1.82, 2.24) is 0 Å². The predicted molar refractivity (Wildman–Crippen MR) is 39.3 cm³/mol. The molecule has 0 aliphatic carbocycles. The Hall–Kier alpha value is -1.10. The Morgan fingerprint density at radius 2 is 1.83 bits per heavy atom. The quantitative estimate of drug-likeness (QED) is 0.450. The van der Waals surface area contributed by atoms with Gasteiger partial charge in [0.05, 0.1) is 13.2 Å². The van der Waals surface area contributed by atoms with Gasteiger partial charge in [0.25, 0.3) is 0 Å². The van der Waals surface area contributed by atoms with E-state index in [4.69, 9.17) is 5.11 Å². The fraction of sp³-hybridized carbons (Fsp3) is 0.714. The normalized spacial score (nSPS) is 9.17. The number of carbonyl (C=O) groups excluding carboxylic acids is 2. The molecule has 1 N–H and O–H groups in total. The molecule has 0 bridgehead atoms.